The number of nitrogens with one attached hydrogen (secondary N) is 1. The Labute approximate surface area is 124 Å². The van der Waals surface area contributed by atoms with Crippen LogP contribution in [0, 0.1) is 0 Å². The molecule has 0 radical (unpaired) electrons. The molecule has 106 valence electrons. The minimum absolute atomic E-state index is 0.567. The molecule has 1 aromatic carbocycles. The van der Waals surface area contributed by atoms with Crippen LogP contribution in [0.2, 0.25) is 10.0 Å². The number of hydrogen-bond acceptors (Lipinski definition) is 3. The van der Waals surface area contributed by atoms with Gasteiger partial charge in [-0.1, -0.05) is 23.2 Å². The number of hydrogen-bond donors (Lipinski definition) is 1. The minimum atomic E-state index is 0.567. The molecular formula is C14H19Cl2NO2. The molecule has 1 aromatic rings. The molecule has 0 amide bonds. The van der Waals surface area contributed by atoms with Crippen LogP contribution in [0.4, 0.5) is 0 Å². The lowest BCUT2D eigenvalue weighted by atomic mass is 10.2. The zero-order valence-corrected chi connectivity index (χ0v) is 12.6. The van der Waals surface area contributed by atoms with Crippen molar-refractivity contribution >= 4 is 23.2 Å². The predicted octanol–water partition coefficient (Wildman–Crippen LogP) is 3.66. The molecule has 0 saturated heterocycles. The third kappa shape index (κ3) is 4.84. The lowest BCUT2D eigenvalue weighted by molar-refractivity contribution is 0.172. The molecule has 0 unspecified atom stereocenters. The van der Waals surface area contributed by atoms with Crippen LogP contribution in [0.1, 0.15) is 24.8 Å². The zero-order valence-electron chi connectivity index (χ0n) is 11.0. The van der Waals surface area contributed by atoms with Crippen LogP contribution in [0.3, 0.4) is 0 Å². The van der Waals surface area contributed by atoms with Gasteiger partial charge in [-0.25, -0.2) is 0 Å². The number of halogens is 2. The predicted molar refractivity (Wildman–Crippen MR) is 78.3 cm³/mol. The molecule has 5 heteroatoms. The SMILES string of the molecule is COCCCOc1c(Cl)cc(Cl)cc1CNC1CC1. The lowest BCUT2D eigenvalue weighted by Crippen LogP contribution is -2.16. The Morgan fingerprint density at radius 3 is 2.74 bits per heavy atom. The number of rotatable bonds is 8. The molecule has 0 aliphatic heterocycles. The standard InChI is InChI=1S/C14H19Cl2NO2/c1-18-5-2-6-19-14-10(9-17-12-3-4-12)7-11(15)8-13(14)16/h7-8,12,17H,2-6,9H2,1H3. The van der Waals surface area contributed by atoms with E-state index in [4.69, 9.17) is 32.7 Å². The van der Waals surface area contributed by atoms with E-state index in [-0.39, 0.29) is 0 Å². The Bertz CT molecular complexity index is 422. The van der Waals surface area contributed by atoms with E-state index in [9.17, 15) is 0 Å². The molecule has 2 rings (SSSR count). The molecule has 0 heterocycles. The largest absolute Gasteiger partial charge is 0.492 e. The number of benzene rings is 1. The van der Waals surface area contributed by atoms with E-state index in [1.54, 1.807) is 13.2 Å². The van der Waals surface area contributed by atoms with Crippen LogP contribution in [0.25, 0.3) is 0 Å². The summed E-state index contributed by atoms with van der Waals surface area (Å²) in [4.78, 5) is 0. The Morgan fingerprint density at radius 2 is 2.05 bits per heavy atom. The summed E-state index contributed by atoms with van der Waals surface area (Å²) >= 11 is 12.3. The van der Waals surface area contributed by atoms with Crippen LogP contribution < -0.4 is 10.1 Å². The van der Waals surface area contributed by atoms with E-state index >= 15 is 0 Å². The molecule has 0 aromatic heterocycles. The molecule has 3 nitrogen and oxygen atoms in total. The number of methoxy groups -OCH3 is 1. The van der Waals surface area contributed by atoms with Gasteiger partial charge >= 0.3 is 0 Å². The van der Waals surface area contributed by atoms with Crippen LogP contribution >= 0.6 is 23.2 Å². The molecule has 0 bridgehead atoms. The summed E-state index contributed by atoms with van der Waals surface area (Å²) in [5.41, 5.74) is 1.02. The highest BCUT2D eigenvalue weighted by Crippen LogP contribution is 2.33. The van der Waals surface area contributed by atoms with Gasteiger partial charge in [0.05, 0.1) is 11.6 Å². The monoisotopic (exact) mass is 303 g/mol. The fourth-order valence-corrected chi connectivity index (χ4v) is 2.42. The Hall–Kier alpha value is -0.480. The van der Waals surface area contributed by atoms with Gasteiger partial charge in [-0.3, -0.25) is 0 Å². The summed E-state index contributed by atoms with van der Waals surface area (Å²) in [6, 6.07) is 4.27. The van der Waals surface area contributed by atoms with Gasteiger partial charge < -0.3 is 14.8 Å². The zero-order chi connectivity index (χ0) is 13.7. The van der Waals surface area contributed by atoms with Gasteiger partial charge in [-0.2, -0.15) is 0 Å². The molecule has 19 heavy (non-hydrogen) atoms. The molecular weight excluding hydrogens is 285 g/mol. The van der Waals surface area contributed by atoms with E-state index in [1.165, 1.54) is 12.8 Å². The van der Waals surface area contributed by atoms with Crippen LogP contribution in [0.5, 0.6) is 5.75 Å². The summed E-state index contributed by atoms with van der Waals surface area (Å²) in [6.07, 6.45) is 3.33. The second-order valence-electron chi connectivity index (χ2n) is 4.73. The molecule has 0 spiro atoms. The summed E-state index contributed by atoms with van der Waals surface area (Å²) in [5, 5.41) is 4.66. The second-order valence-corrected chi connectivity index (χ2v) is 5.57. The average Bonchev–Trinajstić information content (AvgIpc) is 3.18. The Balaban J connectivity index is 1.99. The highest BCUT2D eigenvalue weighted by atomic mass is 35.5. The Kier molecular flexibility index (Phi) is 5.76. The third-order valence-corrected chi connectivity index (χ3v) is 3.48. The summed E-state index contributed by atoms with van der Waals surface area (Å²) in [6.45, 7) is 2.01. The van der Waals surface area contributed by atoms with Crippen molar-refractivity contribution in [3.05, 3.63) is 27.7 Å². The Morgan fingerprint density at radius 1 is 1.26 bits per heavy atom. The minimum Gasteiger partial charge on any atom is -0.492 e. The van der Waals surface area contributed by atoms with E-state index in [2.05, 4.69) is 5.32 Å². The van der Waals surface area contributed by atoms with E-state index in [0.717, 1.165) is 24.3 Å². The van der Waals surface area contributed by atoms with Crippen molar-refractivity contribution in [2.75, 3.05) is 20.3 Å². The summed E-state index contributed by atoms with van der Waals surface area (Å²) < 4.78 is 10.8. The lowest BCUT2D eigenvalue weighted by Gasteiger charge is -2.14. The molecule has 0 atom stereocenters. The number of ether oxygens (including phenoxy) is 2. The van der Waals surface area contributed by atoms with Gasteiger partial charge in [0.25, 0.3) is 0 Å². The summed E-state index contributed by atoms with van der Waals surface area (Å²) in [7, 11) is 1.68. The third-order valence-electron chi connectivity index (χ3n) is 2.98. The highest BCUT2D eigenvalue weighted by molar-refractivity contribution is 6.35. The van der Waals surface area contributed by atoms with Crippen LogP contribution in [-0.2, 0) is 11.3 Å². The van der Waals surface area contributed by atoms with Crippen molar-refractivity contribution < 1.29 is 9.47 Å². The van der Waals surface area contributed by atoms with Gasteiger partial charge in [0.1, 0.15) is 5.75 Å². The normalized spacial score (nSPS) is 14.7. The van der Waals surface area contributed by atoms with Crippen LogP contribution in [-0.4, -0.2) is 26.4 Å². The second kappa shape index (κ2) is 7.34. The molecule has 1 N–H and O–H groups in total. The van der Waals surface area contributed by atoms with Gasteiger partial charge in [0.15, 0.2) is 0 Å². The van der Waals surface area contributed by atoms with Crippen molar-refractivity contribution in [2.24, 2.45) is 0 Å². The quantitative estimate of drug-likeness (QED) is 0.744. The van der Waals surface area contributed by atoms with E-state index in [1.807, 2.05) is 6.07 Å². The van der Waals surface area contributed by atoms with Crippen molar-refractivity contribution in [3.8, 4) is 5.75 Å². The maximum atomic E-state index is 6.21. The van der Waals surface area contributed by atoms with Crippen LogP contribution in [0.15, 0.2) is 12.1 Å². The van der Waals surface area contributed by atoms with Gasteiger partial charge in [0, 0.05) is 43.3 Å². The molecule has 1 saturated carbocycles. The van der Waals surface area contributed by atoms with Crippen molar-refractivity contribution in [1.29, 1.82) is 0 Å². The molecule has 1 fully saturated rings. The maximum Gasteiger partial charge on any atom is 0.142 e. The molecule has 1 aliphatic carbocycles. The topological polar surface area (TPSA) is 30.5 Å². The first-order valence-electron chi connectivity index (χ1n) is 6.53. The van der Waals surface area contributed by atoms with E-state index in [0.29, 0.717) is 29.3 Å². The fraction of sp³-hybridized carbons (Fsp3) is 0.571. The average molecular weight is 304 g/mol. The highest BCUT2D eigenvalue weighted by Gasteiger charge is 2.21. The molecule has 1 aliphatic rings. The first kappa shape index (κ1) is 14.9. The summed E-state index contributed by atoms with van der Waals surface area (Å²) in [5.74, 6) is 0.732. The first-order chi connectivity index (χ1) is 9.20. The van der Waals surface area contributed by atoms with Gasteiger partial charge in [-0.05, 0) is 25.0 Å². The van der Waals surface area contributed by atoms with Crippen molar-refractivity contribution in [3.63, 3.8) is 0 Å². The van der Waals surface area contributed by atoms with Crippen molar-refractivity contribution in [2.45, 2.75) is 31.8 Å². The maximum absolute atomic E-state index is 6.21. The smallest absolute Gasteiger partial charge is 0.142 e. The van der Waals surface area contributed by atoms with Gasteiger partial charge in [0.2, 0.25) is 0 Å². The first-order valence-corrected chi connectivity index (χ1v) is 7.29. The fourth-order valence-electron chi connectivity index (χ4n) is 1.83. The van der Waals surface area contributed by atoms with Crippen molar-refractivity contribution in [1.82, 2.24) is 5.32 Å². The van der Waals surface area contributed by atoms with Gasteiger partial charge in [-0.15, -0.1) is 0 Å². The van der Waals surface area contributed by atoms with E-state index < -0.39 is 0 Å².